The number of rotatable bonds is 9. The molecule has 5 aliphatic carbocycles. The fourth-order valence-electron chi connectivity index (χ4n) is 15.0. The fraction of sp³-hybridized carbons (Fsp3) is 0.938. The van der Waals surface area contributed by atoms with Gasteiger partial charge in [0.2, 0.25) is 6.29 Å². The number of carbonyl (C=O) groups excluding carboxylic acids is 1. The van der Waals surface area contributed by atoms with Crippen molar-refractivity contribution in [2.45, 2.75) is 211 Å². The Bertz CT molecular complexity index is 1790. The largest absolute Gasteiger partial charge is 0.432 e. The third kappa shape index (κ3) is 7.87. The Morgan fingerprint density at radius 3 is 1.71 bits per heavy atom. The Hall–Kier alpha value is -1.43. The molecule has 3 aliphatic heterocycles. The average molecular weight is 943 g/mol. The SMILES string of the molecule is CC1(C)CCC2(C(=O)O[C@@H]3OC(CO)[C@@H](O)C(O)[C@@H]3O[C@@H]3OC(CO)[C@H](O)C(O)[C@@H]3O)CCC3(C)C(=CC[C@@H]4C5(C)CCC(O[C@@H]6OC(CO)[C@@H](O)C(O)[C@@H]6O)C(C)(C)C5CCC43C)C2C1. The second kappa shape index (κ2) is 18.0. The van der Waals surface area contributed by atoms with Crippen LogP contribution >= 0.6 is 0 Å². The molecule has 11 N–H and O–H groups in total. The summed E-state index contributed by atoms with van der Waals surface area (Å²) in [6.45, 7) is 14.1. The van der Waals surface area contributed by atoms with E-state index < -0.39 is 123 Å². The highest BCUT2D eigenvalue weighted by molar-refractivity contribution is 5.79. The third-order valence-electron chi connectivity index (χ3n) is 19.3. The van der Waals surface area contributed by atoms with Crippen molar-refractivity contribution >= 4 is 5.97 Å². The van der Waals surface area contributed by atoms with Gasteiger partial charge in [-0.15, -0.1) is 0 Å². The topological polar surface area (TPSA) is 295 Å². The maximum atomic E-state index is 15.2. The summed E-state index contributed by atoms with van der Waals surface area (Å²) in [5.74, 6) is -0.282. The third-order valence-corrected chi connectivity index (χ3v) is 19.3. The number of carbonyl (C=O) groups is 1. The van der Waals surface area contributed by atoms with E-state index in [9.17, 15) is 56.2 Å². The Balaban J connectivity index is 1.06. The van der Waals surface area contributed by atoms with Crippen molar-refractivity contribution in [1.82, 2.24) is 0 Å². The first-order chi connectivity index (χ1) is 30.9. The van der Waals surface area contributed by atoms with E-state index in [1.165, 1.54) is 5.57 Å². The highest BCUT2D eigenvalue weighted by Crippen LogP contribution is 2.76. The first-order valence-corrected chi connectivity index (χ1v) is 24.3. The summed E-state index contributed by atoms with van der Waals surface area (Å²) in [6, 6.07) is 0. The lowest BCUT2D eigenvalue weighted by atomic mass is 9.33. The molecule has 66 heavy (non-hydrogen) atoms. The normalized spacial score (nSPS) is 53.3. The molecule has 18 nitrogen and oxygen atoms in total. The van der Waals surface area contributed by atoms with Crippen molar-refractivity contribution < 1.29 is 89.4 Å². The van der Waals surface area contributed by atoms with Gasteiger partial charge in [0.05, 0.1) is 31.3 Å². The fourth-order valence-corrected chi connectivity index (χ4v) is 15.0. The molecule has 8 rings (SSSR count). The highest BCUT2D eigenvalue weighted by atomic mass is 16.8. The van der Waals surface area contributed by atoms with Gasteiger partial charge in [-0.3, -0.25) is 4.79 Å². The van der Waals surface area contributed by atoms with Crippen molar-refractivity contribution in [3.8, 4) is 0 Å². The van der Waals surface area contributed by atoms with E-state index in [2.05, 4.69) is 54.5 Å². The number of ether oxygens (including phenoxy) is 6. The number of aliphatic hydroxyl groups excluding tert-OH is 11. The van der Waals surface area contributed by atoms with Crippen LogP contribution < -0.4 is 0 Å². The molecule has 4 saturated carbocycles. The molecule has 3 heterocycles. The van der Waals surface area contributed by atoms with Crippen LogP contribution in [0.2, 0.25) is 0 Å². The van der Waals surface area contributed by atoms with Crippen LogP contribution in [0.4, 0.5) is 0 Å². The summed E-state index contributed by atoms with van der Waals surface area (Å²) in [4.78, 5) is 15.2. The summed E-state index contributed by atoms with van der Waals surface area (Å²) < 4.78 is 36.0. The molecule has 18 heteroatoms. The summed E-state index contributed by atoms with van der Waals surface area (Å²) in [7, 11) is 0. The molecule has 13 unspecified atom stereocenters. The predicted molar refractivity (Wildman–Crippen MR) is 230 cm³/mol. The zero-order valence-electron chi connectivity index (χ0n) is 39.5. The molecule has 7 fully saturated rings. The van der Waals surface area contributed by atoms with E-state index in [-0.39, 0.29) is 50.9 Å². The maximum absolute atomic E-state index is 15.2. The number of esters is 1. The Morgan fingerprint density at radius 1 is 0.606 bits per heavy atom. The lowest BCUT2D eigenvalue weighted by molar-refractivity contribution is -0.363. The monoisotopic (exact) mass is 943 g/mol. The molecule has 0 amide bonds. The van der Waals surface area contributed by atoms with Crippen molar-refractivity contribution in [3.05, 3.63) is 11.6 Å². The van der Waals surface area contributed by atoms with Gasteiger partial charge in [0.25, 0.3) is 0 Å². The predicted octanol–water partition coefficient (Wildman–Crippen LogP) is 0.141. The second-order valence-electron chi connectivity index (χ2n) is 23.5. The second-order valence-corrected chi connectivity index (χ2v) is 23.5. The van der Waals surface area contributed by atoms with Crippen LogP contribution in [0, 0.1) is 50.2 Å². The lowest BCUT2D eigenvalue weighted by Crippen LogP contribution is -2.66. The zero-order valence-corrected chi connectivity index (χ0v) is 39.5. The minimum absolute atomic E-state index is 0.112. The molecule has 0 spiro atoms. The summed E-state index contributed by atoms with van der Waals surface area (Å²) >= 11 is 0. The van der Waals surface area contributed by atoms with Crippen molar-refractivity contribution in [3.63, 3.8) is 0 Å². The first-order valence-electron chi connectivity index (χ1n) is 24.3. The summed E-state index contributed by atoms with van der Waals surface area (Å²) in [5, 5.41) is 115. The van der Waals surface area contributed by atoms with Gasteiger partial charge < -0.3 is 84.6 Å². The Kier molecular flexibility index (Phi) is 13.9. The lowest BCUT2D eigenvalue weighted by Gasteiger charge is -2.71. The van der Waals surface area contributed by atoms with Crippen molar-refractivity contribution in [2.24, 2.45) is 50.2 Å². The highest BCUT2D eigenvalue weighted by Gasteiger charge is 2.70. The summed E-state index contributed by atoms with van der Waals surface area (Å²) in [6.07, 6.45) is -14.1. The number of fused-ring (bicyclic) bond motifs is 7. The molecule has 378 valence electrons. The minimum Gasteiger partial charge on any atom is -0.432 e. The number of hydrogen-bond acceptors (Lipinski definition) is 18. The van der Waals surface area contributed by atoms with E-state index in [0.717, 1.165) is 32.1 Å². The van der Waals surface area contributed by atoms with Crippen LogP contribution in [0.5, 0.6) is 0 Å². The molecule has 0 aromatic rings. The molecular formula is C48H78O18. The molecule has 3 saturated heterocycles. The van der Waals surface area contributed by atoms with Crippen LogP contribution in [-0.2, 0) is 33.2 Å². The van der Waals surface area contributed by atoms with E-state index in [1.807, 2.05) is 0 Å². The van der Waals surface area contributed by atoms with E-state index in [1.54, 1.807) is 0 Å². The molecule has 0 radical (unpaired) electrons. The molecular weight excluding hydrogens is 865 g/mol. The van der Waals surface area contributed by atoms with Gasteiger partial charge in [-0.05, 0) is 109 Å². The molecule has 23 atom stereocenters. The summed E-state index contributed by atoms with van der Waals surface area (Å²) in [5.41, 5.74) is -0.804. The quantitative estimate of drug-likeness (QED) is 0.0833. The smallest absolute Gasteiger partial charge is 0.315 e. The molecule has 8 aliphatic rings. The van der Waals surface area contributed by atoms with Crippen molar-refractivity contribution in [1.29, 1.82) is 0 Å². The average Bonchev–Trinajstić information content (AvgIpc) is 3.26. The first kappa shape index (κ1) is 50.9. The van der Waals surface area contributed by atoms with Crippen molar-refractivity contribution in [2.75, 3.05) is 19.8 Å². The standard InChI is InChI=1S/C48H78O18/c1-43(2)14-16-48(42(60)66-41-38(35(57)32(54)26(21-51)63-41)65-40-37(59)34(56)31(53)25(20-50)62-40)17-15-46(6)22(23(48)18-43)8-9-28-45(5)12-11-29(44(3,4)27(45)10-13-47(28,46)7)64-39-36(58)33(55)30(52)24(19-49)61-39/h8,23-41,49-59H,9-21H2,1-7H3/t23?,24?,25?,26?,27?,28-,29?,30-,31+,32-,33?,34?,35?,36+,37+,38+,39+,40+,41+,45?,46?,47?,48?/m1/s1. The molecule has 0 aromatic carbocycles. The Labute approximate surface area is 387 Å². The number of hydrogen-bond donors (Lipinski definition) is 11. The molecule has 0 aromatic heterocycles. The van der Waals surface area contributed by atoms with Gasteiger partial charge in [0, 0.05) is 0 Å². The van der Waals surface area contributed by atoms with Crippen LogP contribution in [0.1, 0.15) is 113 Å². The van der Waals surface area contributed by atoms with E-state index >= 15 is 4.79 Å². The Morgan fingerprint density at radius 2 is 1.14 bits per heavy atom. The maximum Gasteiger partial charge on any atom is 0.315 e. The van der Waals surface area contributed by atoms with Gasteiger partial charge in [-0.25, -0.2) is 0 Å². The number of aliphatic hydroxyl groups is 11. The van der Waals surface area contributed by atoms with Crippen LogP contribution in [0.15, 0.2) is 11.6 Å². The van der Waals surface area contributed by atoms with Gasteiger partial charge in [-0.2, -0.15) is 0 Å². The van der Waals surface area contributed by atoms with Crippen LogP contribution in [-0.4, -0.2) is 180 Å². The minimum atomic E-state index is -1.86. The van der Waals surface area contributed by atoms with Crippen LogP contribution in [0.3, 0.4) is 0 Å². The van der Waals surface area contributed by atoms with E-state index in [4.69, 9.17) is 28.4 Å². The van der Waals surface area contributed by atoms with Gasteiger partial charge >= 0.3 is 5.97 Å². The molecule has 0 bridgehead atoms. The van der Waals surface area contributed by atoms with Gasteiger partial charge in [-0.1, -0.05) is 60.1 Å². The number of allylic oxidation sites excluding steroid dienone is 2. The van der Waals surface area contributed by atoms with Crippen LogP contribution in [0.25, 0.3) is 0 Å². The zero-order chi connectivity index (χ0) is 48.3. The van der Waals surface area contributed by atoms with Gasteiger partial charge in [0.1, 0.15) is 67.1 Å². The van der Waals surface area contributed by atoms with E-state index in [0.29, 0.717) is 32.1 Å². The van der Waals surface area contributed by atoms with Gasteiger partial charge in [0.15, 0.2) is 18.7 Å².